The van der Waals surface area contributed by atoms with E-state index in [1.165, 1.54) is 75.3 Å². The number of halogens is 6. The molecular formula is C40H28F6N4O4Pd. The largest absolute Gasteiger partial charge is 0.490 e. The Morgan fingerprint density at radius 3 is 1.13 bits per heavy atom. The van der Waals surface area contributed by atoms with Crippen molar-refractivity contribution in [3.8, 4) is 11.1 Å². The van der Waals surface area contributed by atoms with Gasteiger partial charge in [0, 0.05) is 0 Å². The topological polar surface area (TPSA) is 87.6 Å². The van der Waals surface area contributed by atoms with Crippen molar-refractivity contribution in [1.29, 1.82) is 0 Å². The predicted molar refractivity (Wildman–Crippen MR) is 198 cm³/mol. The van der Waals surface area contributed by atoms with E-state index in [9.17, 15) is 26.3 Å². The first kappa shape index (κ1) is 37.3. The van der Waals surface area contributed by atoms with Gasteiger partial charge in [-0.2, -0.15) is 26.3 Å². The summed E-state index contributed by atoms with van der Waals surface area (Å²) in [5.41, 5.74) is 9.95. The van der Waals surface area contributed by atoms with Gasteiger partial charge in [-0.1, -0.05) is 0 Å². The summed E-state index contributed by atoms with van der Waals surface area (Å²) in [4.78, 5) is 27.7. The molecule has 3 heterocycles. The number of hydrogen-bond acceptors (Lipinski definition) is 6. The van der Waals surface area contributed by atoms with Crippen LogP contribution in [0.2, 0.25) is 0 Å². The SMILES string of the molecule is CN1[C]2=[Pd]=[C]3N(C)c4ccccc4N3c3ccc4ccccc4c3-c3c(ccc4ccccc34)N2c2ccccc21.O=C(O)C(F)(F)F.O=C(O)C(F)(F)F. The van der Waals surface area contributed by atoms with Gasteiger partial charge < -0.3 is 10.2 Å². The van der Waals surface area contributed by atoms with Crippen LogP contribution in [0.5, 0.6) is 0 Å². The Balaban J connectivity index is 0.000000286. The number of para-hydroxylation sites is 4. The molecule has 3 aliphatic heterocycles. The summed E-state index contributed by atoms with van der Waals surface area (Å²) in [6.07, 6.45) is -10.2. The first-order valence-electron chi connectivity index (χ1n) is 16.3. The Bertz CT molecular complexity index is 2430. The molecule has 284 valence electrons. The van der Waals surface area contributed by atoms with Gasteiger partial charge in [0.05, 0.1) is 0 Å². The standard InChI is InChI=1S/C36H26N4.2C2HF3O2.Pd/c1-37-23-39(31-17-9-7-15-29(31)37)33-21-19-25-11-3-5-13-27(25)35(33)36-28-14-6-4-12-26(28)20-22-34(36)40-24-38(2)30-16-8-10-18-32(30)40;2*3-2(4,5)1(6)7;/h3-22H,1-2H3;2*(H,6,7);. The van der Waals surface area contributed by atoms with Crippen LogP contribution in [-0.4, -0.2) is 57.1 Å². The van der Waals surface area contributed by atoms with Crippen LogP contribution in [0.15, 0.2) is 121 Å². The molecule has 0 spiro atoms. The van der Waals surface area contributed by atoms with Crippen LogP contribution in [0.3, 0.4) is 0 Å². The van der Waals surface area contributed by atoms with E-state index in [0.717, 1.165) is 0 Å². The summed E-state index contributed by atoms with van der Waals surface area (Å²) in [6.45, 7) is 0. The van der Waals surface area contributed by atoms with Crippen LogP contribution in [0, 0.1) is 0 Å². The summed E-state index contributed by atoms with van der Waals surface area (Å²) in [5.74, 6) is -5.51. The number of benzene rings is 6. The normalized spacial score (nSPS) is 14.3. The number of hydrogen-bond donors (Lipinski definition) is 2. The van der Waals surface area contributed by atoms with Gasteiger partial charge in [0.1, 0.15) is 0 Å². The van der Waals surface area contributed by atoms with E-state index in [1.807, 2.05) is 0 Å². The van der Waals surface area contributed by atoms with Gasteiger partial charge in [-0.15, -0.1) is 0 Å². The summed E-state index contributed by atoms with van der Waals surface area (Å²) in [5, 5.41) is 19.3. The zero-order valence-electron chi connectivity index (χ0n) is 28.6. The van der Waals surface area contributed by atoms with Gasteiger partial charge in [-0.3, -0.25) is 0 Å². The van der Waals surface area contributed by atoms with Crippen LogP contribution in [-0.2, 0) is 26.7 Å². The third kappa shape index (κ3) is 6.59. The molecule has 8 nitrogen and oxygen atoms in total. The second kappa shape index (κ2) is 14.0. The number of alkyl halides is 6. The molecule has 0 atom stereocenters. The number of carboxylic acid groups (broad SMARTS) is 2. The van der Waals surface area contributed by atoms with Gasteiger partial charge in [0.25, 0.3) is 0 Å². The first-order chi connectivity index (χ1) is 26.1. The minimum Gasteiger partial charge on any atom is -0.475 e. The average Bonchev–Trinajstić information content (AvgIpc) is 3.61. The number of fused-ring (bicyclic) bond motifs is 15. The van der Waals surface area contributed by atoms with Gasteiger partial charge in [0.2, 0.25) is 0 Å². The van der Waals surface area contributed by atoms with Crippen LogP contribution in [0.4, 0.5) is 60.5 Å². The number of nitrogens with zero attached hydrogens (tertiary/aromatic N) is 4. The van der Waals surface area contributed by atoms with Crippen LogP contribution >= 0.6 is 0 Å². The van der Waals surface area contributed by atoms with Crippen molar-refractivity contribution in [2.45, 2.75) is 12.4 Å². The molecule has 9 rings (SSSR count). The second-order valence-corrected chi connectivity index (χ2v) is 14.1. The molecule has 0 aliphatic carbocycles. The van der Waals surface area contributed by atoms with Crippen molar-refractivity contribution in [2.24, 2.45) is 0 Å². The van der Waals surface area contributed by atoms with Gasteiger partial charge >= 0.3 is 272 Å². The minimum absolute atomic E-state index is 0.142. The molecule has 0 saturated heterocycles. The van der Waals surface area contributed by atoms with Crippen molar-refractivity contribution >= 4 is 76.1 Å². The summed E-state index contributed by atoms with van der Waals surface area (Å²) in [7, 11) is 4.45. The summed E-state index contributed by atoms with van der Waals surface area (Å²) in [6, 6.07) is 44.6. The zero-order valence-corrected chi connectivity index (χ0v) is 30.2. The number of carbonyl (C=O) groups is 2. The Morgan fingerprint density at radius 1 is 0.473 bits per heavy atom. The van der Waals surface area contributed by atoms with E-state index >= 15 is 0 Å². The smallest absolute Gasteiger partial charge is 0.475 e. The Kier molecular flexibility index (Phi) is 9.48. The molecule has 3 aliphatic rings. The zero-order chi connectivity index (χ0) is 39.4. The maximum absolute atomic E-state index is 10.6. The fourth-order valence-corrected chi connectivity index (χ4v) is 8.95. The first-order valence-corrected chi connectivity index (χ1v) is 17.9. The van der Waals surface area contributed by atoms with E-state index in [2.05, 4.69) is 155 Å². The van der Waals surface area contributed by atoms with Crippen LogP contribution in [0.1, 0.15) is 0 Å². The summed E-state index contributed by atoms with van der Waals surface area (Å²) >= 11 is 0.142. The Labute approximate surface area is 316 Å². The van der Waals surface area contributed by atoms with Gasteiger partial charge in [0.15, 0.2) is 0 Å². The van der Waals surface area contributed by atoms with Gasteiger partial charge in [-0.25, -0.2) is 9.59 Å². The fourth-order valence-electron chi connectivity index (χ4n) is 6.64. The predicted octanol–water partition coefficient (Wildman–Crippen LogP) is 9.37. The summed E-state index contributed by atoms with van der Waals surface area (Å²) < 4.78 is 66.1. The molecule has 0 saturated carbocycles. The molecule has 0 unspecified atom stereocenters. The second-order valence-electron chi connectivity index (χ2n) is 12.3. The van der Waals surface area contributed by atoms with E-state index < -0.39 is 24.3 Å². The monoisotopic (exact) mass is 848 g/mol. The number of anilines is 6. The molecule has 2 N–H and O–H groups in total. The minimum atomic E-state index is -5.08. The van der Waals surface area contributed by atoms with Crippen molar-refractivity contribution in [3.63, 3.8) is 0 Å². The molecule has 55 heavy (non-hydrogen) atoms. The van der Waals surface area contributed by atoms with E-state index in [4.69, 9.17) is 19.8 Å². The molecule has 6 aromatic carbocycles. The third-order valence-corrected chi connectivity index (χ3v) is 11.4. The van der Waals surface area contributed by atoms with E-state index in [1.54, 1.807) is 0 Å². The molecule has 0 fully saturated rings. The molecule has 15 heteroatoms. The van der Waals surface area contributed by atoms with Crippen molar-refractivity contribution in [1.82, 2.24) is 0 Å². The van der Waals surface area contributed by atoms with Crippen molar-refractivity contribution in [3.05, 3.63) is 121 Å². The molecule has 0 radical (unpaired) electrons. The van der Waals surface area contributed by atoms with Crippen molar-refractivity contribution < 1.29 is 63.2 Å². The molecule has 6 aromatic rings. The average molecular weight is 849 g/mol. The number of carboxylic acids is 2. The van der Waals surface area contributed by atoms with E-state index in [0.29, 0.717) is 0 Å². The quantitative estimate of drug-likeness (QED) is 0.116. The Morgan fingerprint density at radius 2 is 0.782 bits per heavy atom. The number of rotatable bonds is 0. The maximum Gasteiger partial charge on any atom is 0.490 e. The van der Waals surface area contributed by atoms with E-state index in [-0.39, 0.29) is 17.1 Å². The van der Waals surface area contributed by atoms with Crippen molar-refractivity contribution in [2.75, 3.05) is 33.7 Å². The Hall–Kier alpha value is -6.04. The maximum atomic E-state index is 10.6. The number of aliphatic carboxylic acids is 2. The van der Waals surface area contributed by atoms with Crippen LogP contribution < -0.4 is 19.6 Å². The molecule has 0 bridgehead atoms. The van der Waals surface area contributed by atoms with Gasteiger partial charge in [-0.05, 0) is 0 Å². The molecular weight excluding hydrogens is 821 g/mol. The molecule has 0 aromatic heterocycles. The fraction of sp³-hybridized carbons (Fsp3) is 0.100. The third-order valence-electron chi connectivity index (χ3n) is 8.99. The molecule has 0 amide bonds. The van der Waals surface area contributed by atoms with Crippen LogP contribution in [0.25, 0.3) is 32.7 Å².